The molecule has 1 aromatic carbocycles. The summed E-state index contributed by atoms with van der Waals surface area (Å²) in [5.41, 5.74) is -2.42. The fourth-order valence-corrected chi connectivity index (χ4v) is 8.54. The van der Waals surface area contributed by atoms with E-state index in [1.54, 1.807) is 27.7 Å². The van der Waals surface area contributed by atoms with Crippen molar-refractivity contribution >= 4 is 33.2 Å². The number of carboxylic acids is 1. The van der Waals surface area contributed by atoms with Crippen LogP contribution in [0.2, 0.25) is 0 Å². The third-order valence-corrected chi connectivity index (χ3v) is 11.3. The molecule has 13 heteroatoms. The molecule has 2 aromatic rings. The van der Waals surface area contributed by atoms with Crippen molar-refractivity contribution in [3.05, 3.63) is 34.5 Å². The number of carboxylic acid groups (broad SMARTS) is 1. The second-order valence-electron chi connectivity index (χ2n) is 13.2. The van der Waals surface area contributed by atoms with E-state index in [9.17, 15) is 36.3 Å². The summed E-state index contributed by atoms with van der Waals surface area (Å²) < 4.78 is 71.0. The molecule has 1 amide bonds. The highest BCUT2D eigenvalue weighted by Crippen LogP contribution is 2.41. The largest absolute Gasteiger partial charge is 0.481 e. The van der Waals surface area contributed by atoms with Crippen molar-refractivity contribution in [1.82, 2.24) is 15.0 Å². The SMILES string of the molecule is CC(C)(C)NS(=O)(=O)c1ccc(-c2sc(C(=O)NC3CCC(C)(C(=O)O)CC3)nc2CC2CCCCC2)cc1C(F)(F)F. The van der Waals surface area contributed by atoms with Crippen LogP contribution in [0.25, 0.3) is 10.4 Å². The minimum Gasteiger partial charge on any atom is -0.481 e. The van der Waals surface area contributed by atoms with Crippen LogP contribution in [0.5, 0.6) is 0 Å². The molecule has 2 aliphatic carbocycles. The predicted octanol–water partition coefficient (Wildman–Crippen LogP) is 6.79. The van der Waals surface area contributed by atoms with Gasteiger partial charge in [0.2, 0.25) is 10.0 Å². The van der Waals surface area contributed by atoms with Crippen LogP contribution in [0.1, 0.15) is 107 Å². The molecule has 0 aliphatic heterocycles. The number of carbonyl (C=O) groups is 2. The summed E-state index contributed by atoms with van der Waals surface area (Å²) in [6.45, 7) is 6.34. The first-order valence-electron chi connectivity index (χ1n) is 14.7. The van der Waals surface area contributed by atoms with E-state index < -0.39 is 49.5 Å². The third-order valence-electron chi connectivity index (χ3n) is 8.32. The Morgan fingerprint density at radius 2 is 1.70 bits per heavy atom. The van der Waals surface area contributed by atoms with Gasteiger partial charge in [0, 0.05) is 11.6 Å². The van der Waals surface area contributed by atoms with Crippen LogP contribution in [0.3, 0.4) is 0 Å². The average molecular weight is 644 g/mol. The molecule has 3 N–H and O–H groups in total. The van der Waals surface area contributed by atoms with Gasteiger partial charge in [-0.1, -0.05) is 38.2 Å². The molecule has 0 radical (unpaired) electrons. The summed E-state index contributed by atoms with van der Waals surface area (Å²) in [7, 11) is -4.49. The van der Waals surface area contributed by atoms with E-state index in [0.29, 0.717) is 42.7 Å². The Balaban J connectivity index is 1.68. The highest BCUT2D eigenvalue weighted by molar-refractivity contribution is 7.89. The molecular weight excluding hydrogens is 603 g/mol. The number of hydrogen-bond acceptors (Lipinski definition) is 6. The first-order valence-corrected chi connectivity index (χ1v) is 17.0. The Hall–Kier alpha value is -2.51. The number of hydrogen-bond donors (Lipinski definition) is 3. The zero-order valence-electron chi connectivity index (χ0n) is 24.9. The number of nitrogens with zero attached hydrogens (tertiary/aromatic N) is 1. The number of aromatic nitrogens is 1. The quantitative estimate of drug-likeness (QED) is 0.291. The number of aliphatic carboxylic acids is 1. The van der Waals surface area contributed by atoms with Crippen molar-refractivity contribution in [3.8, 4) is 10.4 Å². The lowest BCUT2D eigenvalue weighted by Gasteiger charge is -2.34. The molecule has 0 saturated heterocycles. The summed E-state index contributed by atoms with van der Waals surface area (Å²) in [5, 5.41) is 12.6. The van der Waals surface area contributed by atoms with Crippen molar-refractivity contribution < 1.29 is 36.3 Å². The zero-order valence-corrected chi connectivity index (χ0v) is 26.6. The molecule has 2 aliphatic rings. The lowest BCUT2D eigenvalue weighted by molar-refractivity contribution is -0.150. The average Bonchev–Trinajstić information content (AvgIpc) is 3.32. The van der Waals surface area contributed by atoms with Gasteiger partial charge in [0.25, 0.3) is 5.91 Å². The fourth-order valence-electron chi connectivity index (χ4n) is 5.92. The van der Waals surface area contributed by atoms with Gasteiger partial charge in [-0.3, -0.25) is 9.59 Å². The molecule has 4 rings (SSSR count). The van der Waals surface area contributed by atoms with Gasteiger partial charge < -0.3 is 10.4 Å². The zero-order chi connectivity index (χ0) is 31.8. The van der Waals surface area contributed by atoms with Gasteiger partial charge in [0.05, 0.1) is 26.4 Å². The monoisotopic (exact) mass is 643 g/mol. The molecule has 2 saturated carbocycles. The molecule has 8 nitrogen and oxygen atoms in total. The first kappa shape index (κ1) is 33.4. The number of benzene rings is 1. The lowest BCUT2D eigenvalue weighted by Crippen LogP contribution is -2.42. The molecule has 2 fully saturated rings. The van der Waals surface area contributed by atoms with Crippen molar-refractivity contribution in [3.63, 3.8) is 0 Å². The Morgan fingerprint density at radius 3 is 2.26 bits per heavy atom. The molecule has 0 spiro atoms. The standard InChI is InChI=1S/C30H40F3N3O5S2/c1-28(2,3)36-43(40,41)23-11-10-19(17-21(23)30(31,32)33)24-22(16-18-8-6-5-7-9-18)35-26(42-24)25(37)34-20-12-14-29(4,15-13-20)27(38)39/h10-11,17-18,20,36H,5-9,12-16H2,1-4H3,(H,34,37)(H,38,39). The third kappa shape index (κ3) is 8.16. The molecule has 1 heterocycles. The predicted molar refractivity (Wildman–Crippen MR) is 158 cm³/mol. The van der Waals surface area contributed by atoms with Crippen LogP contribution in [-0.4, -0.2) is 42.0 Å². The second-order valence-corrected chi connectivity index (χ2v) is 15.8. The van der Waals surface area contributed by atoms with Crippen molar-refractivity contribution in [1.29, 1.82) is 0 Å². The molecular formula is C30H40F3N3O5S2. The normalized spacial score (nSPS) is 22.3. The minimum absolute atomic E-state index is 0.118. The van der Waals surface area contributed by atoms with Crippen LogP contribution in [0.15, 0.2) is 23.1 Å². The van der Waals surface area contributed by atoms with E-state index in [1.165, 1.54) is 6.07 Å². The van der Waals surface area contributed by atoms with E-state index >= 15 is 0 Å². The fraction of sp³-hybridized carbons (Fsp3) is 0.633. The number of sulfonamides is 1. The Labute approximate surface area is 254 Å². The summed E-state index contributed by atoms with van der Waals surface area (Å²) in [6.07, 6.45) is 2.56. The van der Waals surface area contributed by atoms with E-state index in [-0.39, 0.29) is 22.5 Å². The van der Waals surface area contributed by atoms with Crippen molar-refractivity contribution in [2.24, 2.45) is 11.3 Å². The van der Waals surface area contributed by atoms with Gasteiger partial charge in [-0.25, -0.2) is 18.1 Å². The van der Waals surface area contributed by atoms with Gasteiger partial charge in [0.15, 0.2) is 5.01 Å². The number of thiazole rings is 1. The number of rotatable bonds is 8. The van der Waals surface area contributed by atoms with Crippen LogP contribution in [-0.2, 0) is 27.4 Å². The van der Waals surface area contributed by atoms with Crippen LogP contribution >= 0.6 is 11.3 Å². The van der Waals surface area contributed by atoms with Crippen LogP contribution in [0, 0.1) is 11.3 Å². The topological polar surface area (TPSA) is 125 Å². The smallest absolute Gasteiger partial charge is 0.417 e. The van der Waals surface area contributed by atoms with Crippen LogP contribution < -0.4 is 10.0 Å². The number of alkyl halides is 3. The molecule has 0 atom stereocenters. The summed E-state index contributed by atoms with van der Waals surface area (Å²) >= 11 is 0.996. The van der Waals surface area contributed by atoms with Gasteiger partial charge in [0.1, 0.15) is 0 Å². The Kier molecular flexibility index (Phi) is 9.68. The maximum absolute atomic E-state index is 14.3. The van der Waals surface area contributed by atoms with E-state index in [4.69, 9.17) is 0 Å². The van der Waals surface area contributed by atoms with Crippen molar-refractivity contribution in [2.75, 3.05) is 0 Å². The molecule has 0 bridgehead atoms. The minimum atomic E-state index is -4.95. The molecule has 238 valence electrons. The van der Waals surface area contributed by atoms with E-state index in [0.717, 1.165) is 55.6 Å². The van der Waals surface area contributed by atoms with Crippen molar-refractivity contribution in [2.45, 2.75) is 115 Å². The molecule has 43 heavy (non-hydrogen) atoms. The highest BCUT2D eigenvalue weighted by Gasteiger charge is 2.40. The van der Waals surface area contributed by atoms with E-state index in [2.05, 4.69) is 15.0 Å². The van der Waals surface area contributed by atoms with Gasteiger partial charge in [-0.2, -0.15) is 13.2 Å². The molecule has 1 aromatic heterocycles. The number of amides is 1. The summed E-state index contributed by atoms with van der Waals surface area (Å²) in [6, 6.07) is 2.92. The summed E-state index contributed by atoms with van der Waals surface area (Å²) in [4.78, 5) is 29.0. The lowest BCUT2D eigenvalue weighted by atomic mass is 9.74. The van der Waals surface area contributed by atoms with Crippen LogP contribution in [0.4, 0.5) is 13.2 Å². The number of nitrogens with one attached hydrogen (secondary N) is 2. The maximum Gasteiger partial charge on any atom is 0.417 e. The van der Waals surface area contributed by atoms with Gasteiger partial charge >= 0.3 is 12.1 Å². The number of halogens is 3. The van der Waals surface area contributed by atoms with E-state index in [1.807, 2.05) is 0 Å². The first-order chi connectivity index (χ1) is 19.9. The number of carbonyl (C=O) groups excluding carboxylic acids is 1. The second kappa shape index (κ2) is 12.5. The maximum atomic E-state index is 14.3. The summed E-state index contributed by atoms with van der Waals surface area (Å²) in [5.74, 6) is -1.02. The highest BCUT2D eigenvalue weighted by atomic mass is 32.2. The van der Waals surface area contributed by atoms with Gasteiger partial charge in [-0.15, -0.1) is 11.3 Å². The molecule has 0 unspecified atom stereocenters. The van der Waals surface area contributed by atoms with Gasteiger partial charge in [-0.05, 0) is 83.4 Å². The Bertz CT molecular complexity index is 1450. The Morgan fingerprint density at radius 1 is 1.07 bits per heavy atom.